The van der Waals surface area contributed by atoms with Crippen molar-refractivity contribution in [3.63, 3.8) is 0 Å². The Morgan fingerprint density at radius 1 is 1.48 bits per heavy atom. The number of fused-ring (bicyclic) bond motifs is 1. The third kappa shape index (κ3) is 4.40. The average molecular weight is 354 g/mol. The van der Waals surface area contributed by atoms with Crippen molar-refractivity contribution in [1.82, 2.24) is 15.2 Å². The van der Waals surface area contributed by atoms with Crippen molar-refractivity contribution < 1.29 is 9.21 Å². The minimum Gasteiger partial charge on any atom is -0.431 e. The van der Waals surface area contributed by atoms with E-state index in [0.717, 1.165) is 32.5 Å². The van der Waals surface area contributed by atoms with Crippen molar-refractivity contribution in [2.75, 3.05) is 25.4 Å². The summed E-state index contributed by atoms with van der Waals surface area (Å²) in [4.78, 5) is 18.8. The van der Waals surface area contributed by atoms with Crippen molar-refractivity contribution in [1.29, 1.82) is 0 Å². The van der Waals surface area contributed by atoms with Gasteiger partial charge in [0, 0.05) is 24.2 Å². The minimum atomic E-state index is 0.0326. The Hall–Kier alpha value is -1.24. The molecule has 0 spiro atoms. The number of rotatable bonds is 5. The van der Waals surface area contributed by atoms with Gasteiger partial charge in [-0.05, 0) is 37.6 Å². The number of aromatic nitrogens is 1. The number of nitrogens with one attached hydrogen (secondary N) is 1. The summed E-state index contributed by atoms with van der Waals surface area (Å²) in [5.41, 5.74) is 1.40. The van der Waals surface area contributed by atoms with Crippen LogP contribution in [0.4, 0.5) is 0 Å². The Morgan fingerprint density at radius 2 is 2.26 bits per heavy atom. The molecule has 1 aliphatic heterocycles. The van der Waals surface area contributed by atoms with Crippen LogP contribution in [0.1, 0.15) is 19.8 Å². The molecule has 23 heavy (non-hydrogen) atoms. The van der Waals surface area contributed by atoms with Gasteiger partial charge in [0.1, 0.15) is 5.52 Å². The molecule has 5 nitrogen and oxygen atoms in total. The van der Waals surface area contributed by atoms with E-state index < -0.39 is 0 Å². The van der Waals surface area contributed by atoms with Crippen molar-refractivity contribution in [3.8, 4) is 0 Å². The molecule has 1 amide bonds. The van der Waals surface area contributed by atoms with Crippen LogP contribution in [0.2, 0.25) is 5.02 Å². The normalized spacial score (nSPS) is 16.8. The summed E-state index contributed by atoms with van der Waals surface area (Å²) in [6.07, 6.45) is 2.04. The molecule has 1 saturated heterocycles. The van der Waals surface area contributed by atoms with Gasteiger partial charge < -0.3 is 14.6 Å². The first-order valence-electron chi connectivity index (χ1n) is 7.84. The Bertz CT molecular complexity index is 683. The average Bonchev–Trinajstić information content (AvgIpc) is 2.95. The van der Waals surface area contributed by atoms with Gasteiger partial charge in [-0.15, -0.1) is 0 Å². The number of carbonyl (C=O) groups is 1. The maximum Gasteiger partial charge on any atom is 0.257 e. The van der Waals surface area contributed by atoms with E-state index in [1.165, 1.54) is 11.8 Å². The van der Waals surface area contributed by atoms with Crippen LogP contribution in [0.25, 0.3) is 11.1 Å². The predicted molar refractivity (Wildman–Crippen MR) is 93.0 cm³/mol. The number of piperidine rings is 1. The topological polar surface area (TPSA) is 58.4 Å². The van der Waals surface area contributed by atoms with E-state index >= 15 is 0 Å². The molecule has 2 heterocycles. The molecule has 1 N–H and O–H groups in total. The number of amides is 1. The highest BCUT2D eigenvalue weighted by molar-refractivity contribution is 7.99. The summed E-state index contributed by atoms with van der Waals surface area (Å²) in [6.45, 7) is 5.36. The number of likely N-dealkylation sites (tertiary alicyclic amines) is 1. The first-order chi connectivity index (χ1) is 11.1. The monoisotopic (exact) mass is 353 g/mol. The molecule has 0 unspecified atom stereocenters. The maximum absolute atomic E-state index is 12.1. The lowest BCUT2D eigenvalue weighted by Gasteiger charge is -2.31. The van der Waals surface area contributed by atoms with Crippen molar-refractivity contribution in [2.45, 2.75) is 31.0 Å². The molecular weight excluding hydrogens is 334 g/mol. The van der Waals surface area contributed by atoms with E-state index in [-0.39, 0.29) is 11.9 Å². The van der Waals surface area contributed by atoms with Crippen molar-refractivity contribution in [3.05, 3.63) is 23.2 Å². The van der Waals surface area contributed by atoms with Gasteiger partial charge in [0.15, 0.2) is 5.58 Å². The van der Waals surface area contributed by atoms with Crippen LogP contribution in [-0.4, -0.2) is 47.2 Å². The zero-order chi connectivity index (χ0) is 16.2. The molecule has 7 heteroatoms. The SMILES string of the molecule is CCN1CCC(NC(=O)CSc2nc3cc(Cl)ccc3o2)CC1. The highest BCUT2D eigenvalue weighted by Crippen LogP contribution is 2.25. The van der Waals surface area contributed by atoms with Gasteiger partial charge in [0.05, 0.1) is 5.75 Å². The largest absolute Gasteiger partial charge is 0.431 e. The van der Waals surface area contributed by atoms with Crippen LogP contribution >= 0.6 is 23.4 Å². The van der Waals surface area contributed by atoms with Gasteiger partial charge >= 0.3 is 0 Å². The number of thioether (sulfide) groups is 1. The lowest BCUT2D eigenvalue weighted by atomic mass is 10.1. The lowest BCUT2D eigenvalue weighted by molar-refractivity contribution is -0.119. The first kappa shape index (κ1) is 16.6. The van der Waals surface area contributed by atoms with Crippen LogP contribution in [0.5, 0.6) is 0 Å². The quantitative estimate of drug-likeness (QED) is 0.837. The highest BCUT2D eigenvalue weighted by atomic mass is 35.5. The summed E-state index contributed by atoms with van der Waals surface area (Å²) in [5, 5.41) is 4.22. The highest BCUT2D eigenvalue weighted by Gasteiger charge is 2.20. The second-order valence-corrected chi connectivity index (χ2v) is 7.02. The molecule has 124 valence electrons. The Kier molecular flexibility index (Phi) is 5.46. The number of nitrogens with zero attached hydrogens (tertiary/aromatic N) is 2. The fourth-order valence-corrected chi connectivity index (χ4v) is 3.55. The fraction of sp³-hybridized carbons (Fsp3) is 0.500. The van der Waals surface area contributed by atoms with Gasteiger partial charge in [0.2, 0.25) is 5.91 Å². The third-order valence-electron chi connectivity index (χ3n) is 4.06. The molecule has 0 radical (unpaired) electrons. The summed E-state index contributed by atoms with van der Waals surface area (Å²) in [5.74, 6) is 0.347. The number of oxazole rings is 1. The van der Waals surface area contributed by atoms with E-state index in [0.29, 0.717) is 27.1 Å². The van der Waals surface area contributed by atoms with E-state index in [1.54, 1.807) is 18.2 Å². The molecule has 0 bridgehead atoms. The van der Waals surface area contributed by atoms with Crippen LogP contribution in [0.15, 0.2) is 27.8 Å². The molecular formula is C16H20ClN3O2S. The van der Waals surface area contributed by atoms with Gasteiger partial charge in [0.25, 0.3) is 5.22 Å². The fourth-order valence-electron chi connectivity index (χ4n) is 2.73. The molecule has 1 aromatic carbocycles. The zero-order valence-electron chi connectivity index (χ0n) is 13.0. The predicted octanol–water partition coefficient (Wildman–Crippen LogP) is 3.17. The molecule has 3 rings (SSSR count). The third-order valence-corrected chi connectivity index (χ3v) is 5.12. The van der Waals surface area contributed by atoms with Crippen molar-refractivity contribution in [2.24, 2.45) is 0 Å². The smallest absolute Gasteiger partial charge is 0.257 e. The van der Waals surface area contributed by atoms with Crippen molar-refractivity contribution >= 4 is 40.4 Å². The van der Waals surface area contributed by atoms with Crippen LogP contribution in [-0.2, 0) is 4.79 Å². The number of hydrogen-bond donors (Lipinski definition) is 1. The molecule has 0 aliphatic carbocycles. The lowest BCUT2D eigenvalue weighted by Crippen LogP contribution is -2.45. The second-order valence-electron chi connectivity index (χ2n) is 5.66. The van der Waals surface area contributed by atoms with E-state index in [9.17, 15) is 4.79 Å². The number of halogens is 1. The standard InChI is InChI=1S/C16H20ClN3O2S/c1-2-20-7-5-12(6-8-20)18-15(21)10-23-16-19-13-9-11(17)3-4-14(13)22-16/h3-4,9,12H,2,5-8,10H2,1H3,(H,18,21). The van der Waals surface area contributed by atoms with E-state index in [4.69, 9.17) is 16.0 Å². The minimum absolute atomic E-state index is 0.0326. The van der Waals surface area contributed by atoms with E-state index in [1.807, 2.05) is 0 Å². The van der Waals surface area contributed by atoms with Gasteiger partial charge in [-0.1, -0.05) is 30.3 Å². The van der Waals surface area contributed by atoms with Crippen LogP contribution in [0.3, 0.4) is 0 Å². The van der Waals surface area contributed by atoms with Crippen LogP contribution in [0, 0.1) is 0 Å². The molecule has 1 fully saturated rings. The van der Waals surface area contributed by atoms with Gasteiger partial charge in [-0.2, -0.15) is 0 Å². The number of carbonyl (C=O) groups excluding carboxylic acids is 1. The summed E-state index contributed by atoms with van der Waals surface area (Å²) in [7, 11) is 0. The first-order valence-corrected chi connectivity index (χ1v) is 9.21. The molecule has 0 atom stereocenters. The zero-order valence-corrected chi connectivity index (χ0v) is 14.6. The molecule has 2 aromatic rings. The Balaban J connectivity index is 1.48. The second kappa shape index (κ2) is 7.55. The van der Waals surface area contributed by atoms with Crippen LogP contribution < -0.4 is 5.32 Å². The molecule has 1 aromatic heterocycles. The molecule has 1 aliphatic rings. The Morgan fingerprint density at radius 3 is 3.00 bits per heavy atom. The summed E-state index contributed by atoms with van der Waals surface area (Å²) in [6, 6.07) is 5.59. The Labute approximate surface area is 144 Å². The van der Waals surface area contributed by atoms with E-state index in [2.05, 4.69) is 22.1 Å². The summed E-state index contributed by atoms with van der Waals surface area (Å²) >= 11 is 7.24. The number of hydrogen-bond acceptors (Lipinski definition) is 5. The molecule has 0 saturated carbocycles. The van der Waals surface area contributed by atoms with Gasteiger partial charge in [-0.3, -0.25) is 4.79 Å². The van der Waals surface area contributed by atoms with Gasteiger partial charge in [-0.25, -0.2) is 4.98 Å². The summed E-state index contributed by atoms with van der Waals surface area (Å²) < 4.78 is 5.60. The number of benzene rings is 1. The maximum atomic E-state index is 12.1.